The van der Waals surface area contributed by atoms with Gasteiger partial charge in [0.25, 0.3) is 0 Å². The van der Waals surface area contributed by atoms with Crippen molar-refractivity contribution in [1.29, 1.82) is 0 Å². The van der Waals surface area contributed by atoms with E-state index in [1.807, 2.05) is 31.2 Å². The van der Waals surface area contributed by atoms with Gasteiger partial charge in [-0.1, -0.05) is 46.3 Å². The Balaban J connectivity index is 1.98. The van der Waals surface area contributed by atoms with Crippen molar-refractivity contribution in [2.75, 3.05) is 0 Å². The first-order valence-electron chi connectivity index (χ1n) is 6.39. The van der Waals surface area contributed by atoms with Crippen molar-refractivity contribution in [2.24, 2.45) is 5.10 Å². The molecule has 0 aliphatic rings. The van der Waals surface area contributed by atoms with E-state index in [9.17, 15) is 9.18 Å². The molecule has 0 radical (unpaired) electrons. The number of carbonyl (C=O) groups is 1. The third-order valence-electron chi connectivity index (χ3n) is 2.89. The number of nitrogens with zero attached hydrogens (tertiary/aromatic N) is 1. The van der Waals surface area contributed by atoms with Crippen molar-refractivity contribution in [3.8, 4) is 0 Å². The summed E-state index contributed by atoms with van der Waals surface area (Å²) in [6.45, 7) is 1.82. The predicted molar refractivity (Wildman–Crippen MR) is 84.6 cm³/mol. The fourth-order valence-corrected chi connectivity index (χ4v) is 2.36. The number of carbonyl (C=O) groups excluding carboxylic acids is 1. The van der Waals surface area contributed by atoms with Gasteiger partial charge in [0.15, 0.2) is 0 Å². The highest BCUT2D eigenvalue weighted by molar-refractivity contribution is 9.10. The summed E-state index contributed by atoms with van der Waals surface area (Å²) in [7, 11) is 0. The molecule has 0 heterocycles. The van der Waals surface area contributed by atoms with Crippen LogP contribution in [0.1, 0.15) is 18.1 Å². The molecule has 0 fully saturated rings. The quantitative estimate of drug-likeness (QED) is 0.664. The molecular weight excluding hydrogens is 335 g/mol. The van der Waals surface area contributed by atoms with Crippen LogP contribution >= 0.6 is 15.9 Å². The average molecular weight is 349 g/mol. The zero-order chi connectivity index (χ0) is 15.2. The van der Waals surface area contributed by atoms with E-state index in [4.69, 9.17) is 0 Å². The highest BCUT2D eigenvalue weighted by Crippen LogP contribution is 2.16. The second-order valence-corrected chi connectivity index (χ2v) is 5.37. The maximum absolute atomic E-state index is 12.8. The van der Waals surface area contributed by atoms with Gasteiger partial charge in [0, 0.05) is 10.0 Å². The fraction of sp³-hybridized carbons (Fsp3) is 0.125. The van der Waals surface area contributed by atoms with E-state index in [1.54, 1.807) is 12.1 Å². The van der Waals surface area contributed by atoms with Gasteiger partial charge in [-0.3, -0.25) is 4.79 Å². The Hall–Kier alpha value is -2.01. The molecular formula is C16H14BrFN2O. The molecule has 0 atom stereocenters. The Morgan fingerprint density at radius 2 is 1.86 bits per heavy atom. The minimum atomic E-state index is -0.318. The van der Waals surface area contributed by atoms with Gasteiger partial charge in [-0.2, -0.15) is 5.10 Å². The first-order valence-corrected chi connectivity index (χ1v) is 7.18. The van der Waals surface area contributed by atoms with E-state index in [0.29, 0.717) is 5.71 Å². The third kappa shape index (κ3) is 4.49. The number of benzene rings is 2. The minimum Gasteiger partial charge on any atom is -0.273 e. The monoisotopic (exact) mass is 348 g/mol. The van der Waals surface area contributed by atoms with Crippen molar-refractivity contribution >= 4 is 27.5 Å². The fourth-order valence-electron chi connectivity index (χ4n) is 1.79. The molecule has 0 saturated heterocycles. The second-order valence-electron chi connectivity index (χ2n) is 4.52. The lowest BCUT2D eigenvalue weighted by atomic mass is 10.1. The van der Waals surface area contributed by atoms with Crippen molar-refractivity contribution < 1.29 is 9.18 Å². The lowest BCUT2D eigenvalue weighted by molar-refractivity contribution is -0.120. The van der Waals surface area contributed by atoms with E-state index in [2.05, 4.69) is 26.5 Å². The van der Waals surface area contributed by atoms with Gasteiger partial charge >= 0.3 is 0 Å². The SMILES string of the molecule is C/C(=N\NC(=O)Cc1ccc(F)cc1)c1ccccc1Br. The van der Waals surface area contributed by atoms with Crippen molar-refractivity contribution in [3.05, 3.63) is 69.9 Å². The minimum absolute atomic E-state index is 0.160. The maximum atomic E-state index is 12.8. The Morgan fingerprint density at radius 1 is 1.19 bits per heavy atom. The number of hydrazone groups is 1. The second kappa shape index (κ2) is 7.13. The lowest BCUT2D eigenvalue weighted by Gasteiger charge is -2.05. The van der Waals surface area contributed by atoms with E-state index in [0.717, 1.165) is 15.6 Å². The van der Waals surface area contributed by atoms with Gasteiger partial charge in [-0.25, -0.2) is 9.82 Å². The van der Waals surface area contributed by atoms with E-state index in [1.165, 1.54) is 12.1 Å². The Labute approximate surface area is 131 Å². The van der Waals surface area contributed by atoms with Crippen molar-refractivity contribution in [3.63, 3.8) is 0 Å². The molecule has 0 bridgehead atoms. The maximum Gasteiger partial charge on any atom is 0.244 e. The molecule has 0 spiro atoms. The summed E-state index contributed by atoms with van der Waals surface area (Å²) in [5, 5.41) is 4.08. The number of halogens is 2. The van der Waals surface area contributed by atoms with Gasteiger partial charge < -0.3 is 0 Å². The number of rotatable bonds is 4. The Morgan fingerprint density at radius 3 is 2.52 bits per heavy atom. The van der Waals surface area contributed by atoms with Crippen LogP contribution < -0.4 is 5.43 Å². The molecule has 2 rings (SSSR count). The van der Waals surface area contributed by atoms with Crippen LogP contribution in [0.2, 0.25) is 0 Å². The number of hydrogen-bond acceptors (Lipinski definition) is 2. The summed E-state index contributed by atoms with van der Waals surface area (Å²) in [6, 6.07) is 13.5. The van der Waals surface area contributed by atoms with E-state index >= 15 is 0 Å². The van der Waals surface area contributed by atoms with Crippen molar-refractivity contribution in [1.82, 2.24) is 5.43 Å². The molecule has 1 amide bonds. The van der Waals surface area contributed by atoms with Gasteiger partial charge in [0.2, 0.25) is 5.91 Å². The molecule has 3 nitrogen and oxygen atoms in total. The van der Waals surface area contributed by atoms with Crippen LogP contribution in [0.4, 0.5) is 4.39 Å². The summed E-state index contributed by atoms with van der Waals surface area (Å²) in [5.74, 6) is -0.560. The third-order valence-corrected chi connectivity index (χ3v) is 3.58. The molecule has 0 aliphatic heterocycles. The van der Waals surface area contributed by atoms with Gasteiger partial charge in [0.1, 0.15) is 5.82 Å². The van der Waals surface area contributed by atoms with Crippen LogP contribution in [0, 0.1) is 5.82 Å². The van der Waals surface area contributed by atoms with Gasteiger partial charge in [-0.05, 0) is 30.7 Å². The Kier molecular flexibility index (Phi) is 5.22. The number of hydrogen-bond donors (Lipinski definition) is 1. The van der Waals surface area contributed by atoms with Crippen LogP contribution in [-0.4, -0.2) is 11.6 Å². The molecule has 2 aromatic carbocycles. The van der Waals surface area contributed by atoms with Crippen LogP contribution in [0.15, 0.2) is 58.1 Å². The highest BCUT2D eigenvalue weighted by atomic mass is 79.9. The van der Waals surface area contributed by atoms with E-state index < -0.39 is 0 Å². The standard InChI is InChI=1S/C16H14BrFN2O/c1-11(14-4-2-3-5-15(14)17)19-20-16(21)10-12-6-8-13(18)9-7-12/h2-9H,10H2,1H3,(H,20,21)/b19-11+. The smallest absolute Gasteiger partial charge is 0.244 e. The molecule has 5 heteroatoms. The highest BCUT2D eigenvalue weighted by Gasteiger charge is 2.05. The molecule has 108 valence electrons. The molecule has 0 aromatic heterocycles. The zero-order valence-corrected chi connectivity index (χ0v) is 13.0. The van der Waals surface area contributed by atoms with Crippen LogP contribution in [0.3, 0.4) is 0 Å². The summed E-state index contributed by atoms with van der Waals surface area (Å²) in [4.78, 5) is 11.8. The first-order chi connectivity index (χ1) is 10.1. The summed E-state index contributed by atoms with van der Waals surface area (Å²) in [6.07, 6.45) is 0.160. The molecule has 0 aliphatic carbocycles. The van der Waals surface area contributed by atoms with Crippen molar-refractivity contribution in [2.45, 2.75) is 13.3 Å². The Bertz CT molecular complexity index is 668. The van der Waals surface area contributed by atoms with Gasteiger partial charge in [-0.15, -0.1) is 0 Å². The van der Waals surface area contributed by atoms with Crippen LogP contribution in [0.5, 0.6) is 0 Å². The topological polar surface area (TPSA) is 41.5 Å². The predicted octanol–water partition coefficient (Wildman–Crippen LogP) is 3.67. The molecule has 1 N–H and O–H groups in total. The summed E-state index contributed by atoms with van der Waals surface area (Å²) >= 11 is 3.44. The molecule has 2 aromatic rings. The largest absolute Gasteiger partial charge is 0.273 e. The average Bonchev–Trinajstić information content (AvgIpc) is 2.48. The first kappa shape index (κ1) is 15.4. The normalized spacial score (nSPS) is 11.3. The van der Waals surface area contributed by atoms with Crippen LogP contribution in [0.25, 0.3) is 0 Å². The number of amides is 1. The summed E-state index contributed by atoms with van der Waals surface area (Å²) < 4.78 is 13.7. The lowest BCUT2D eigenvalue weighted by Crippen LogP contribution is -2.21. The van der Waals surface area contributed by atoms with Gasteiger partial charge in [0.05, 0.1) is 12.1 Å². The zero-order valence-electron chi connectivity index (χ0n) is 11.4. The number of nitrogens with one attached hydrogen (secondary N) is 1. The molecule has 21 heavy (non-hydrogen) atoms. The van der Waals surface area contributed by atoms with Crippen LogP contribution in [-0.2, 0) is 11.2 Å². The van der Waals surface area contributed by atoms with E-state index in [-0.39, 0.29) is 18.1 Å². The summed E-state index contributed by atoms with van der Waals surface area (Å²) in [5.41, 5.74) is 4.86. The molecule has 0 unspecified atom stereocenters. The molecule has 0 saturated carbocycles.